The number of piperazine rings is 1. The minimum atomic E-state index is -1.11. The number of benzene rings is 3. The van der Waals surface area contributed by atoms with Crippen LogP contribution in [0, 0.1) is 17.6 Å². The predicted molar refractivity (Wildman–Crippen MR) is 231 cm³/mol. The lowest BCUT2D eigenvalue weighted by Gasteiger charge is -2.53. The normalized spacial score (nSPS) is 21.8. The molecule has 5 saturated heterocycles. The van der Waals surface area contributed by atoms with Crippen molar-refractivity contribution in [2.24, 2.45) is 5.92 Å². The molecule has 3 unspecified atom stereocenters. The van der Waals surface area contributed by atoms with E-state index in [1.807, 2.05) is 4.90 Å². The molecular weight excluding hydrogens is 836 g/mol. The maximum absolute atomic E-state index is 15.8. The number of nitrogens with one attached hydrogen (secondary N) is 3. The number of anilines is 4. The van der Waals surface area contributed by atoms with Gasteiger partial charge in [-0.05, 0) is 100 Å². The Morgan fingerprint density at radius 2 is 1.71 bits per heavy atom. The molecular formula is C45H46ClF2N9O6. The van der Waals surface area contributed by atoms with E-state index in [1.165, 1.54) is 30.6 Å². The zero-order valence-electron chi connectivity index (χ0n) is 34.4. The lowest BCUT2D eigenvalue weighted by molar-refractivity contribution is -0.136. The van der Waals surface area contributed by atoms with Crippen LogP contribution in [0.3, 0.4) is 0 Å². The second-order valence-electron chi connectivity index (χ2n) is 16.8. The van der Waals surface area contributed by atoms with Gasteiger partial charge in [0.15, 0.2) is 0 Å². The SMILES string of the molecule is C=CC(=O)Nc1cc2c(Nc3ccc(F)c(Cl)c3)ncnc2cc1OCCCN1CCC(CN2CC3CCC2CN3c2cc3c(cc2F)C(=O)N(C2CCC(=O)NC2=O)C3=O)CC1. The molecule has 10 rings (SSSR count). The third-order valence-corrected chi connectivity index (χ3v) is 13.2. The number of carbonyl (C=O) groups is 5. The molecule has 4 aromatic rings. The topological polar surface area (TPSA) is 169 Å². The Kier molecular flexibility index (Phi) is 11.8. The summed E-state index contributed by atoms with van der Waals surface area (Å²) in [6.07, 6.45) is 7.41. The second kappa shape index (κ2) is 17.6. The molecule has 328 valence electrons. The van der Waals surface area contributed by atoms with Crippen molar-refractivity contribution in [3.05, 3.63) is 89.2 Å². The first-order valence-corrected chi connectivity index (χ1v) is 21.7. The van der Waals surface area contributed by atoms with Crippen molar-refractivity contribution in [2.75, 3.05) is 61.4 Å². The summed E-state index contributed by atoms with van der Waals surface area (Å²) in [5, 5.41) is 8.74. The molecule has 63 heavy (non-hydrogen) atoms. The van der Waals surface area contributed by atoms with Crippen molar-refractivity contribution in [3.63, 3.8) is 0 Å². The van der Waals surface area contributed by atoms with Crippen LogP contribution in [0.25, 0.3) is 10.9 Å². The molecule has 15 nitrogen and oxygen atoms in total. The number of piperidine rings is 4. The third kappa shape index (κ3) is 8.56. The number of hydrogen-bond donors (Lipinski definition) is 3. The summed E-state index contributed by atoms with van der Waals surface area (Å²) >= 11 is 5.98. The van der Waals surface area contributed by atoms with Gasteiger partial charge in [0, 0.05) is 61.8 Å². The van der Waals surface area contributed by atoms with Crippen LogP contribution in [0.15, 0.2) is 61.4 Å². The number of amides is 5. The Bertz CT molecular complexity index is 2540. The average molecular weight is 882 g/mol. The summed E-state index contributed by atoms with van der Waals surface area (Å²) < 4.78 is 35.8. The fraction of sp³-hybridized carbons (Fsp3) is 0.400. The van der Waals surface area contributed by atoms with Crippen LogP contribution < -0.4 is 25.6 Å². The number of likely N-dealkylation sites (tertiary alicyclic amines) is 1. The highest BCUT2D eigenvalue weighted by molar-refractivity contribution is 6.31. The standard InChI is InChI=1S/C45H46ClF2N9O6/c1-2-40(58)52-36-18-31-35(49-24-50-42(31)51-26-4-7-33(47)32(46)16-26)20-39(36)63-15-3-12-54-13-10-25(11-14-54)21-55-22-28-6-5-27(55)23-56(28)38-19-30-29(17-34(38)48)44(61)57(45(30)62)37-8-9-41(59)53-43(37)60/h2,4,7,16-20,24-25,27-28,37H,1,3,5-6,8-15,21-23H2,(H,52,58)(H,49,50,51)(H,53,59,60). The van der Waals surface area contributed by atoms with Crippen molar-refractivity contribution in [2.45, 2.75) is 63.1 Å². The minimum Gasteiger partial charge on any atom is -0.491 e. The molecule has 7 heterocycles. The molecule has 0 radical (unpaired) electrons. The van der Waals surface area contributed by atoms with Crippen LogP contribution in [0.5, 0.6) is 5.75 Å². The van der Waals surface area contributed by atoms with Crippen LogP contribution in [-0.2, 0) is 14.4 Å². The number of hydrogen-bond acceptors (Lipinski definition) is 12. The lowest BCUT2D eigenvalue weighted by atomic mass is 9.87. The highest BCUT2D eigenvalue weighted by Crippen LogP contribution is 2.39. The summed E-state index contributed by atoms with van der Waals surface area (Å²) in [6, 6.07) is 9.52. The molecule has 6 aliphatic heterocycles. The molecule has 3 aromatic carbocycles. The molecule has 0 spiro atoms. The summed E-state index contributed by atoms with van der Waals surface area (Å²) in [5.41, 5.74) is 1.87. The maximum Gasteiger partial charge on any atom is 0.262 e. The van der Waals surface area contributed by atoms with Crippen LogP contribution in [0.1, 0.15) is 65.7 Å². The fourth-order valence-electron chi connectivity index (χ4n) is 9.62. The summed E-state index contributed by atoms with van der Waals surface area (Å²) in [5.74, 6) is -2.60. The van der Waals surface area contributed by atoms with Crippen LogP contribution in [-0.4, -0.2) is 118 Å². The van der Waals surface area contributed by atoms with Gasteiger partial charge in [0.25, 0.3) is 11.8 Å². The average Bonchev–Trinajstić information content (AvgIpc) is 3.51. The third-order valence-electron chi connectivity index (χ3n) is 12.9. The fourth-order valence-corrected chi connectivity index (χ4v) is 9.80. The Hall–Kier alpha value is -6.04. The van der Waals surface area contributed by atoms with Gasteiger partial charge < -0.3 is 25.2 Å². The van der Waals surface area contributed by atoms with Crippen LogP contribution >= 0.6 is 11.6 Å². The molecule has 5 amide bonds. The Morgan fingerprint density at radius 3 is 2.44 bits per heavy atom. The minimum absolute atomic E-state index is 0.0128. The van der Waals surface area contributed by atoms with Gasteiger partial charge in [0.05, 0.1) is 39.6 Å². The molecule has 0 aliphatic carbocycles. The van der Waals surface area contributed by atoms with Gasteiger partial charge in [-0.25, -0.2) is 18.7 Å². The predicted octanol–water partition coefficient (Wildman–Crippen LogP) is 5.66. The van der Waals surface area contributed by atoms with Crippen molar-refractivity contribution < 1.29 is 37.5 Å². The van der Waals surface area contributed by atoms with E-state index < -0.39 is 47.2 Å². The zero-order chi connectivity index (χ0) is 43.9. The molecule has 6 aliphatic rings. The van der Waals surface area contributed by atoms with Gasteiger partial charge in [0.1, 0.15) is 35.6 Å². The molecule has 18 heteroatoms. The van der Waals surface area contributed by atoms with E-state index in [9.17, 15) is 28.4 Å². The number of fused-ring (bicyclic) bond motifs is 5. The van der Waals surface area contributed by atoms with E-state index in [0.717, 1.165) is 75.8 Å². The number of carbonyl (C=O) groups excluding carboxylic acids is 5. The smallest absolute Gasteiger partial charge is 0.262 e. The Labute approximate surface area is 366 Å². The highest BCUT2D eigenvalue weighted by atomic mass is 35.5. The van der Waals surface area contributed by atoms with E-state index in [0.29, 0.717) is 58.6 Å². The molecule has 0 saturated carbocycles. The maximum atomic E-state index is 15.8. The molecule has 1 aromatic heterocycles. The lowest BCUT2D eigenvalue weighted by Crippen LogP contribution is -2.63. The molecule has 5 fully saturated rings. The summed E-state index contributed by atoms with van der Waals surface area (Å²) in [6.45, 7) is 9.12. The van der Waals surface area contributed by atoms with Gasteiger partial charge >= 0.3 is 0 Å². The number of imide groups is 2. The van der Waals surface area contributed by atoms with Crippen LogP contribution in [0.4, 0.5) is 31.7 Å². The van der Waals surface area contributed by atoms with Crippen molar-refractivity contribution in [1.82, 2.24) is 30.0 Å². The second-order valence-corrected chi connectivity index (χ2v) is 17.2. The van der Waals surface area contributed by atoms with E-state index >= 15 is 4.39 Å². The highest BCUT2D eigenvalue weighted by Gasteiger charge is 2.47. The Balaban J connectivity index is 0.766. The monoisotopic (exact) mass is 881 g/mol. The van der Waals surface area contributed by atoms with Gasteiger partial charge in [-0.3, -0.25) is 39.1 Å². The number of rotatable bonds is 13. The number of ether oxygens (including phenoxy) is 1. The van der Waals surface area contributed by atoms with Gasteiger partial charge in [-0.2, -0.15) is 0 Å². The van der Waals surface area contributed by atoms with Crippen molar-refractivity contribution >= 4 is 74.9 Å². The molecule has 3 atom stereocenters. The number of halogens is 3. The first kappa shape index (κ1) is 42.3. The van der Waals surface area contributed by atoms with E-state index in [-0.39, 0.29) is 41.1 Å². The molecule has 2 bridgehead atoms. The van der Waals surface area contributed by atoms with Crippen LogP contribution in [0.2, 0.25) is 5.02 Å². The van der Waals surface area contributed by atoms with E-state index in [4.69, 9.17) is 16.3 Å². The van der Waals surface area contributed by atoms with Gasteiger partial charge in [-0.1, -0.05) is 18.2 Å². The van der Waals surface area contributed by atoms with Crippen molar-refractivity contribution in [1.29, 1.82) is 0 Å². The van der Waals surface area contributed by atoms with Gasteiger partial charge in [-0.15, -0.1) is 0 Å². The quantitative estimate of drug-likeness (QED) is 0.0857. The first-order valence-electron chi connectivity index (χ1n) is 21.3. The number of aromatic nitrogens is 2. The van der Waals surface area contributed by atoms with Gasteiger partial charge in [0.2, 0.25) is 17.7 Å². The molecule has 3 N–H and O–H groups in total. The summed E-state index contributed by atoms with van der Waals surface area (Å²) in [7, 11) is 0. The van der Waals surface area contributed by atoms with Crippen molar-refractivity contribution in [3.8, 4) is 5.75 Å². The zero-order valence-corrected chi connectivity index (χ0v) is 35.1. The Morgan fingerprint density at radius 1 is 0.937 bits per heavy atom. The van der Waals surface area contributed by atoms with E-state index in [1.54, 1.807) is 18.2 Å². The van der Waals surface area contributed by atoms with E-state index in [2.05, 4.69) is 42.3 Å². The largest absolute Gasteiger partial charge is 0.491 e. The number of nitrogens with zero attached hydrogens (tertiary/aromatic N) is 6. The summed E-state index contributed by atoms with van der Waals surface area (Å²) in [4.78, 5) is 80.0. The first-order chi connectivity index (χ1) is 30.4.